The lowest BCUT2D eigenvalue weighted by Crippen LogP contribution is -2.13. The highest BCUT2D eigenvalue weighted by Crippen LogP contribution is 2.33. The first kappa shape index (κ1) is 19.8. The molecule has 0 aliphatic heterocycles. The molecule has 0 aliphatic carbocycles. The van der Waals surface area contributed by atoms with Gasteiger partial charge in [-0.05, 0) is 12.1 Å². The summed E-state index contributed by atoms with van der Waals surface area (Å²) in [4.78, 5) is 42.3. The summed E-state index contributed by atoms with van der Waals surface area (Å²) in [6.07, 6.45) is 5.68. The molecule has 2 aromatic heterocycles. The van der Waals surface area contributed by atoms with Crippen LogP contribution in [-0.2, 0) is 15.8 Å². The van der Waals surface area contributed by atoms with E-state index in [1.807, 2.05) is 6.07 Å². The van der Waals surface area contributed by atoms with Crippen molar-refractivity contribution in [2.75, 3.05) is 18.3 Å². The Morgan fingerprint density at radius 2 is 1.96 bits per heavy atom. The quantitative estimate of drug-likeness (QED) is 0.294. The standard InChI is InChI=1S/C17H18N5O5P/c23-17(13-6-2-1-3-7-13)21-15-14-16(19-10-18-15)22(11-20-14)8-4-5-9-27-12-28(24,25)26/h1-7,10-11H,8-9,12H2,(H2,24,25,26)(H,18,19,21,23)/b5-4-. The van der Waals surface area contributed by atoms with Crippen LogP contribution < -0.4 is 5.32 Å². The molecule has 2 heterocycles. The third kappa shape index (κ3) is 5.30. The summed E-state index contributed by atoms with van der Waals surface area (Å²) in [5.41, 5.74) is 1.50. The van der Waals surface area contributed by atoms with Gasteiger partial charge < -0.3 is 24.4 Å². The number of hydrogen-bond donors (Lipinski definition) is 3. The number of amides is 1. The second kappa shape index (κ2) is 8.85. The summed E-state index contributed by atoms with van der Waals surface area (Å²) in [5, 5.41) is 2.73. The Labute approximate surface area is 160 Å². The Morgan fingerprint density at radius 1 is 1.18 bits per heavy atom. The first-order valence-corrected chi connectivity index (χ1v) is 10.0. The molecule has 1 aromatic carbocycles. The molecule has 146 valence electrons. The molecule has 0 fully saturated rings. The van der Waals surface area contributed by atoms with Gasteiger partial charge in [-0.2, -0.15) is 0 Å². The number of nitrogens with zero attached hydrogens (tertiary/aromatic N) is 4. The number of ether oxygens (including phenoxy) is 1. The molecular weight excluding hydrogens is 385 g/mol. The van der Waals surface area contributed by atoms with Crippen molar-refractivity contribution >= 4 is 30.5 Å². The zero-order valence-corrected chi connectivity index (χ0v) is 15.6. The fourth-order valence-corrected chi connectivity index (χ4v) is 2.71. The van der Waals surface area contributed by atoms with E-state index in [1.165, 1.54) is 6.33 Å². The highest BCUT2D eigenvalue weighted by Gasteiger charge is 2.13. The Kier molecular flexibility index (Phi) is 6.27. The van der Waals surface area contributed by atoms with Gasteiger partial charge in [0.05, 0.1) is 12.9 Å². The predicted molar refractivity (Wildman–Crippen MR) is 102 cm³/mol. The highest BCUT2D eigenvalue weighted by molar-refractivity contribution is 7.51. The fraction of sp³-hybridized carbons (Fsp3) is 0.176. The third-order valence-electron chi connectivity index (χ3n) is 3.61. The van der Waals surface area contributed by atoms with E-state index in [-0.39, 0.29) is 12.5 Å². The van der Waals surface area contributed by atoms with Crippen LogP contribution in [0.1, 0.15) is 10.4 Å². The Morgan fingerprint density at radius 3 is 2.71 bits per heavy atom. The van der Waals surface area contributed by atoms with Crippen molar-refractivity contribution in [1.82, 2.24) is 19.5 Å². The Hall–Kier alpha value is -2.91. The van der Waals surface area contributed by atoms with Gasteiger partial charge in [-0.1, -0.05) is 30.4 Å². The number of carbonyl (C=O) groups is 1. The second-order valence-electron chi connectivity index (χ2n) is 5.75. The summed E-state index contributed by atoms with van der Waals surface area (Å²) in [5.74, 6) is 0.0174. The number of aromatic nitrogens is 4. The maximum Gasteiger partial charge on any atom is 0.350 e. The van der Waals surface area contributed by atoms with Crippen LogP contribution in [0.3, 0.4) is 0 Å². The maximum absolute atomic E-state index is 12.3. The van der Waals surface area contributed by atoms with Gasteiger partial charge in [0.15, 0.2) is 17.0 Å². The van der Waals surface area contributed by atoms with E-state index in [1.54, 1.807) is 47.3 Å². The molecule has 0 bridgehead atoms. The lowest BCUT2D eigenvalue weighted by molar-refractivity contribution is 0.102. The molecule has 11 heteroatoms. The number of carbonyl (C=O) groups excluding carboxylic acids is 1. The molecular formula is C17H18N5O5P. The zero-order chi connectivity index (χ0) is 20.0. The Balaban J connectivity index is 1.66. The fourth-order valence-electron chi connectivity index (χ4n) is 2.37. The molecule has 0 aliphatic rings. The normalized spacial score (nSPS) is 11.9. The van der Waals surface area contributed by atoms with E-state index in [0.717, 1.165) is 0 Å². The summed E-state index contributed by atoms with van der Waals surface area (Å²) in [6, 6.07) is 8.77. The van der Waals surface area contributed by atoms with Gasteiger partial charge in [-0.25, -0.2) is 15.0 Å². The summed E-state index contributed by atoms with van der Waals surface area (Å²) < 4.78 is 17.3. The monoisotopic (exact) mass is 403 g/mol. The van der Waals surface area contributed by atoms with E-state index in [9.17, 15) is 9.36 Å². The third-order valence-corrected chi connectivity index (χ3v) is 4.13. The van der Waals surface area contributed by atoms with Crippen LogP contribution in [0.25, 0.3) is 11.2 Å². The molecule has 1 amide bonds. The minimum absolute atomic E-state index is 0.0745. The molecule has 0 saturated carbocycles. The van der Waals surface area contributed by atoms with Gasteiger partial charge in [-0.15, -0.1) is 0 Å². The predicted octanol–water partition coefficient (Wildman–Crippen LogP) is 1.79. The molecule has 3 rings (SSSR count). The van der Waals surface area contributed by atoms with Crippen molar-refractivity contribution in [3.63, 3.8) is 0 Å². The summed E-state index contributed by atoms with van der Waals surface area (Å²) in [7, 11) is -4.16. The molecule has 10 nitrogen and oxygen atoms in total. The van der Waals surface area contributed by atoms with Gasteiger partial charge in [0.1, 0.15) is 12.7 Å². The van der Waals surface area contributed by atoms with E-state index >= 15 is 0 Å². The zero-order valence-electron chi connectivity index (χ0n) is 14.7. The SMILES string of the molecule is O=C(Nc1ncnc2c1ncn2C/C=C\COCP(=O)(O)O)c1ccccc1. The van der Waals surface area contributed by atoms with Gasteiger partial charge in [-0.3, -0.25) is 9.36 Å². The molecule has 0 spiro atoms. The molecule has 0 atom stereocenters. The van der Waals surface area contributed by atoms with E-state index in [4.69, 9.17) is 14.5 Å². The number of imidazole rings is 1. The average Bonchev–Trinajstić information content (AvgIpc) is 3.08. The molecule has 3 aromatic rings. The first-order valence-electron chi connectivity index (χ1n) is 8.23. The van der Waals surface area contributed by atoms with Gasteiger partial charge in [0.25, 0.3) is 5.91 Å². The van der Waals surface area contributed by atoms with Gasteiger partial charge >= 0.3 is 7.60 Å². The minimum Gasteiger partial charge on any atom is -0.365 e. The number of anilines is 1. The van der Waals surface area contributed by atoms with Crippen molar-refractivity contribution in [2.24, 2.45) is 0 Å². The summed E-state index contributed by atoms with van der Waals surface area (Å²) in [6.45, 7) is 0.490. The van der Waals surface area contributed by atoms with Crippen LogP contribution in [0.15, 0.2) is 55.1 Å². The lowest BCUT2D eigenvalue weighted by Gasteiger charge is -2.05. The number of hydrogen-bond acceptors (Lipinski definition) is 6. The molecule has 0 saturated heterocycles. The number of nitrogens with one attached hydrogen (secondary N) is 1. The first-order chi connectivity index (χ1) is 13.4. The van der Waals surface area contributed by atoms with Gasteiger partial charge in [0.2, 0.25) is 0 Å². The number of allylic oxidation sites excluding steroid dienone is 1. The molecule has 0 unspecified atom stereocenters. The van der Waals surface area contributed by atoms with Crippen molar-refractivity contribution in [1.29, 1.82) is 0 Å². The van der Waals surface area contributed by atoms with Gasteiger partial charge in [0, 0.05) is 12.1 Å². The van der Waals surface area contributed by atoms with Crippen molar-refractivity contribution in [2.45, 2.75) is 6.54 Å². The highest BCUT2D eigenvalue weighted by atomic mass is 31.2. The van der Waals surface area contributed by atoms with Crippen LogP contribution >= 0.6 is 7.60 Å². The van der Waals surface area contributed by atoms with E-state index in [2.05, 4.69) is 20.3 Å². The Bertz CT molecular complexity index is 1030. The molecule has 0 radical (unpaired) electrons. The van der Waals surface area contributed by atoms with E-state index in [0.29, 0.717) is 29.1 Å². The average molecular weight is 403 g/mol. The van der Waals surface area contributed by atoms with Crippen molar-refractivity contribution in [3.8, 4) is 0 Å². The number of rotatable bonds is 8. The van der Waals surface area contributed by atoms with Crippen LogP contribution in [-0.4, -0.2) is 48.2 Å². The van der Waals surface area contributed by atoms with Crippen LogP contribution in [0, 0.1) is 0 Å². The van der Waals surface area contributed by atoms with Crippen molar-refractivity contribution < 1.29 is 23.9 Å². The number of fused-ring (bicyclic) bond motifs is 1. The van der Waals surface area contributed by atoms with Crippen LogP contribution in [0.5, 0.6) is 0 Å². The van der Waals surface area contributed by atoms with Crippen molar-refractivity contribution in [3.05, 3.63) is 60.7 Å². The van der Waals surface area contributed by atoms with E-state index < -0.39 is 13.9 Å². The smallest absolute Gasteiger partial charge is 0.350 e. The number of benzene rings is 1. The maximum atomic E-state index is 12.3. The molecule has 28 heavy (non-hydrogen) atoms. The van der Waals surface area contributed by atoms with Crippen LogP contribution in [0.4, 0.5) is 5.82 Å². The second-order valence-corrected chi connectivity index (χ2v) is 7.34. The molecule has 3 N–H and O–H groups in total. The minimum atomic E-state index is -4.16. The largest absolute Gasteiger partial charge is 0.365 e. The van der Waals surface area contributed by atoms with Crippen LogP contribution in [0.2, 0.25) is 0 Å². The lowest BCUT2D eigenvalue weighted by atomic mass is 10.2. The topological polar surface area (TPSA) is 139 Å². The summed E-state index contributed by atoms with van der Waals surface area (Å²) >= 11 is 0.